The summed E-state index contributed by atoms with van der Waals surface area (Å²) in [5, 5.41) is 10.8. The van der Waals surface area contributed by atoms with E-state index in [1.54, 1.807) is 30.3 Å². The summed E-state index contributed by atoms with van der Waals surface area (Å²) in [6.07, 6.45) is 4.61. The standard InChI is InChI=1S/C22H24N2O4S/c1-2-3-15-24(29(27,28)18-19-10-6-4-7-11-19)16-14-21(17-23(24)22(25)26)20-12-8-5-9-13-20/h4-14,16-17H,2-3,15,18H2,1H3/p+1. The third-order valence-electron chi connectivity index (χ3n) is 4.92. The van der Waals surface area contributed by atoms with Crippen molar-refractivity contribution in [2.75, 3.05) is 6.54 Å². The zero-order valence-corrected chi connectivity index (χ0v) is 17.1. The number of hydrogen-bond donors (Lipinski definition) is 1. The molecule has 1 heterocycles. The molecular formula is C22H25N2O4S+. The molecule has 0 fully saturated rings. The molecule has 1 atom stereocenters. The van der Waals surface area contributed by atoms with Crippen LogP contribution < -0.4 is 0 Å². The fourth-order valence-electron chi connectivity index (χ4n) is 3.37. The number of benzene rings is 2. The second-order valence-electron chi connectivity index (χ2n) is 6.94. The lowest BCUT2D eigenvalue weighted by molar-refractivity contribution is -0.859. The quantitative estimate of drug-likeness (QED) is 0.674. The van der Waals surface area contributed by atoms with Gasteiger partial charge >= 0.3 is 16.1 Å². The maximum absolute atomic E-state index is 13.5. The van der Waals surface area contributed by atoms with Gasteiger partial charge in [-0.3, -0.25) is 0 Å². The van der Waals surface area contributed by atoms with Crippen LogP contribution in [0.4, 0.5) is 4.79 Å². The van der Waals surface area contributed by atoms with Crippen molar-refractivity contribution in [3.8, 4) is 0 Å². The molecule has 1 aliphatic heterocycles. The number of nitrogens with zero attached hydrogens (tertiary/aromatic N) is 2. The molecule has 0 aliphatic carbocycles. The van der Waals surface area contributed by atoms with Gasteiger partial charge < -0.3 is 5.11 Å². The lowest BCUT2D eigenvalue weighted by atomic mass is 10.1. The van der Waals surface area contributed by atoms with Gasteiger partial charge in [0.25, 0.3) is 0 Å². The van der Waals surface area contributed by atoms with E-state index in [2.05, 4.69) is 0 Å². The van der Waals surface area contributed by atoms with E-state index in [4.69, 9.17) is 0 Å². The number of sulfonamides is 1. The smallest absolute Gasteiger partial charge is 0.457 e. The van der Waals surface area contributed by atoms with E-state index >= 15 is 0 Å². The Balaban J connectivity index is 2.07. The molecule has 0 saturated carbocycles. The Labute approximate surface area is 171 Å². The van der Waals surface area contributed by atoms with Crippen LogP contribution in [0.5, 0.6) is 0 Å². The molecule has 0 saturated heterocycles. The summed E-state index contributed by atoms with van der Waals surface area (Å²) >= 11 is 0. The number of amides is 1. The van der Waals surface area contributed by atoms with E-state index in [0.29, 0.717) is 17.6 Å². The molecule has 2 aromatic rings. The van der Waals surface area contributed by atoms with Crippen molar-refractivity contribution in [2.24, 2.45) is 0 Å². The predicted octanol–water partition coefficient (Wildman–Crippen LogP) is 4.60. The van der Waals surface area contributed by atoms with Crippen molar-refractivity contribution in [3.05, 3.63) is 90.3 Å². The van der Waals surface area contributed by atoms with Crippen molar-refractivity contribution in [3.63, 3.8) is 0 Å². The molecule has 2 aromatic carbocycles. The summed E-state index contributed by atoms with van der Waals surface area (Å²) in [5.74, 6) is -0.250. The van der Waals surface area contributed by atoms with Gasteiger partial charge in [0.15, 0.2) is 0 Å². The summed E-state index contributed by atoms with van der Waals surface area (Å²) < 4.78 is 26.3. The first kappa shape index (κ1) is 20.8. The largest absolute Gasteiger partial charge is 0.461 e. The molecule has 7 heteroatoms. The van der Waals surface area contributed by atoms with Crippen LogP contribution in [-0.4, -0.2) is 35.2 Å². The third kappa shape index (κ3) is 4.26. The van der Waals surface area contributed by atoms with E-state index in [9.17, 15) is 18.3 Å². The Bertz CT molecular complexity index is 1020. The van der Waals surface area contributed by atoms with Crippen LogP contribution in [0.25, 0.3) is 5.57 Å². The summed E-state index contributed by atoms with van der Waals surface area (Å²) in [6, 6.07) is 18.1. The van der Waals surface area contributed by atoms with Crippen LogP contribution in [0.2, 0.25) is 0 Å². The molecule has 1 amide bonds. The molecule has 0 bridgehead atoms. The van der Waals surface area contributed by atoms with E-state index < -0.39 is 20.1 Å². The Morgan fingerprint density at radius 2 is 1.66 bits per heavy atom. The van der Waals surface area contributed by atoms with Crippen molar-refractivity contribution in [1.82, 2.24) is 5.01 Å². The SMILES string of the molecule is CCCC[N+]1(S(=O)(=O)Cc2ccccc2)C=CC(c2ccccc2)=CN1C(=O)O. The van der Waals surface area contributed by atoms with Gasteiger partial charge in [-0.15, -0.1) is 5.01 Å². The summed E-state index contributed by atoms with van der Waals surface area (Å²) in [7, 11) is -3.92. The molecular weight excluding hydrogens is 388 g/mol. The van der Waals surface area contributed by atoms with Gasteiger partial charge in [-0.2, -0.15) is 8.42 Å². The molecule has 0 spiro atoms. The monoisotopic (exact) mass is 413 g/mol. The molecule has 0 aromatic heterocycles. The number of carbonyl (C=O) groups is 1. The minimum Gasteiger partial charge on any atom is -0.461 e. The zero-order valence-electron chi connectivity index (χ0n) is 16.3. The van der Waals surface area contributed by atoms with Crippen LogP contribution >= 0.6 is 0 Å². The van der Waals surface area contributed by atoms with Crippen LogP contribution in [0, 0.1) is 0 Å². The van der Waals surface area contributed by atoms with Crippen LogP contribution in [-0.2, 0) is 15.8 Å². The predicted molar refractivity (Wildman–Crippen MR) is 113 cm³/mol. The van der Waals surface area contributed by atoms with E-state index in [1.165, 1.54) is 12.4 Å². The summed E-state index contributed by atoms with van der Waals surface area (Å²) in [4.78, 5) is 12.2. The first-order chi connectivity index (χ1) is 13.9. The second-order valence-corrected chi connectivity index (χ2v) is 9.02. The Kier molecular flexibility index (Phi) is 6.20. The molecule has 6 nitrogen and oxygen atoms in total. The van der Waals surface area contributed by atoms with Crippen molar-refractivity contribution >= 4 is 21.7 Å². The number of allylic oxidation sites excluding steroid dienone is 2. The second kappa shape index (κ2) is 8.63. The number of rotatable bonds is 7. The lowest BCUT2D eigenvalue weighted by Gasteiger charge is -2.39. The molecule has 1 N–H and O–H groups in total. The van der Waals surface area contributed by atoms with E-state index in [1.807, 2.05) is 43.3 Å². The van der Waals surface area contributed by atoms with Gasteiger partial charge in [0.1, 0.15) is 18.5 Å². The fourth-order valence-corrected chi connectivity index (χ4v) is 5.25. The first-order valence-electron chi connectivity index (χ1n) is 9.53. The fraction of sp³-hybridized carbons (Fsp3) is 0.227. The van der Waals surface area contributed by atoms with Gasteiger partial charge in [-0.05, 0) is 11.1 Å². The number of quaternary nitrogens is 1. The van der Waals surface area contributed by atoms with Gasteiger partial charge in [0.05, 0.1) is 6.20 Å². The van der Waals surface area contributed by atoms with Gasteiger partial charge in [0.2, 0.25) is 0 Å². The average molecular weight is 414 g/mol. The molecule has 1 unspecified atom stereocenters. The van der Waals surface area contributed by atoms with E-state index in [-0.39, 0.29) is 12.3 Å². The van der Waals surface area contributed by atoms with Gasteiger partial charge in [-0.1, -0.05) is 78.0 Å². The van der Waals surface area contributed by atoms with Crippen molar-refractivity contribution in [2.45, 2.75) is 25.5 Å². The first-order valence-corrected chi connectivity index (χ1v) is 11.1. The van der Waals surface area contributed by atoms with Crippen molar-refractivity contribution < 1.29 is 22.3 Å². The van der Waals surface area contributed by atoms with E-state index in [0.717, 1.165) is 17.0 Å². The molecule has 152 valence electrons. The zero-order chi connectivity index (χ0) is 20.9. The Morgan fingerprint density at radius 3 is 2.24 bits per heavy atom. The minimum absolute atomic E-state index is 0.146. The topological polar surface area (TPSA) is 74.7 Å². The highest BCUT2D eigenvalue weighted by molar-refractivity contribution is 7.85. The Morgan fingerprint density at radius 1 is 1.03 bits per heavy atom. The molecule has 1 aliphatic rings. The van der Waals surface area contributed by atoms with Gasteiger partial charge in [0, 0.05) is 18.1 Å². The summed E-state index contributed by atoms with van der Waals surface area (Å²) in [5.41, 5.74) is 2.09. The third-order valence-corrected chi connectivity index (χ3v) is 7.06. The summed E-state index contributed by atoms with van der Waals surface area (Å²) in [6.45, 7) is 2.09. The lowest BCUT2D eigenvalue weighted by Crippen LogP contribution is -2.61. The molecule has 29 heavy (non-hydrogen) atoms. The molecule has 0 radical (unpaired) electrons. The molecule has 3 rings (SSSR count). The number of unbranched alkanes of at least 4 members (excludes halogenated alkanes) is 1. The highest BCUT2D eigenvalue weighted by atomic mass is 32.2. The normalized spacial score (nSPS) is 19.1. The highest BCUT2D eigenvalue weighted by Crippen LogP contribution is 2.33. The number of carboxylic acid groups (broad SMARTS) is 1. The van der Waals surface area contributed by atoms with Crippen LogP contribution in [0.3, 0.4) is 0 Å². The van der Waals surface area contributed by atoms with Crippen LogP contribution in [0.15, 0.2) is 79.1 Å². The van der Waals surface area contributed by atoms with Gasteiger partial charge in [-0.25, -0.2) is 4.79 Å². The minimum atomic E-state index is -3.92. The maximum Gasteiger partial charge on any atom is 0.457 e. The van der Waals surface area contributed by atoms with Crippen molar-refractivity contribution in [1.29, 1.82) is 0 Å². The maximum atomic E-state index is 13.5. The van der Waals surface area contributed by atoms with Crippen LogP contribution in [0.1, 0.15) is 30.9 Å². The average Bonchev–Trinajstić information content (AvgIpc) is 2.73. The number of hydrogen-bond acceptors (Lipinski definition) is 3. The Hall–Kier alpha value is -2.90. The highest BCUT2D eigenvalue weighted by Gasteiger charge is 2.49.